The minimum Gasteiger partial charge on any atom is -0.334 e. The van der Waals surface area contributed by atoms with Crippen LogP contribution < -0.4 is 0 Å². The van der Waals surface area contributed by atoms with E-state index in [9.17, 15) is 13.2 Å². The van der Waals surface area contributed by atoms with Crippen molar-refractivity contribution in [1.82, 2.24) is 4.90 Å². The summed E-state index contributed by atoms with van der Waals surface area (Å²) in [5.41, 5.74) is 0.852. The van der Waals surface area contributed by atoms with Crippen LogP contribution in [-0.2, 0) is 21.2 Å². The van der Waals surface area contributed by atoms with Crippen molar-refractivity contribution in [3.8, 4) is 0 Å². The van der Waals surface area contributed by atoms with Gasteiger partial charge in [0.15, 0.2) is 9.84 Å². The van der Waals surface area contributed by atoms with E-state index in [4.69, 9.17) is 11.6 Å². The van der Waals surface area contributed by atoms with Gasteiger partial charge in [0.2, 0.25) is 5.91 Å². The van der Waals surface area contributed by atoms with Gasteiger partial charge in [0, 0.05) is 24.0 Å². The van der Waals surface area contributed by atoms with E-state index in [1.165, 1.54) is 0 Å². The van der Waals surface area contributed by atoms with Crippen LogP contribution in [-0.4, -0.2) is 36.8 Å². The van der Waals surface area contributed by atoms with Gasteiger partial charge >= 0.3 is 0 Å². The monoisotopic (exact) mass is 343 g/mol. The van der Waals surface area contributed by atoms with Crippen LogP contribution in [0.1, 0.15) is 32.3 Å². The molecule has 0 N–H and O–H groups in total. The Morgan fingerprint density at radius 3 is 2.59 bits per heavy atom. The molecule has 1 aromatic carbocycles. The lowest BCUT2D eigenvalue weighted by Gasteiger charge is -2.29. The van der Waals surface area contributed by atoms with E-state index in [1.54, 1.807) is 11.0 Å². The second-order valence-corrected chi connectivity index (χ2v) is 8.90. The number of benzene rings is 1. The number of hydrogen-bond donors (Lipinski definition) is 0. The van der Waals surface area contributed by atoms with Crippen LogP contribution in [0, 0.1) is 5.92 Å². The highest BCUT2D eigenvalue weighted by atomic mass is 35.5. The molecule has 2 rings (SSSR count). The maximum atomic E-state index is 12.6. The fourth-order valence-corrected chi connectivity index (χ4v) is 4.64. The molecule has 0 spiro atoms. The highest BCUT2D eigenvalue weighted by Crippen LogP contribution is 2.24. The third-order valence-corrected chi connectivity index (χ3v) is 5.97. The number of nitrogens with zero attached hydrogens (tertiary/aromatic N) is 1. The zero-order valence-electron chi connectivity index (χ0n) is 13.0. The molecule has 0 bridgehead atoms. The third-order valence-electron chi connectivity index (χ3n) is 3.85. The number of hydrogen-bond acceptors (Lipinski definition) is 3. The second-order valence-electron chi connectivity index (χ2n) is 6.27. The maximum absolute atomic E-state index is 12.6. The summed E-state index contributed by atoms with van der Waals surface area (Å²) >= 11 is 6.19. The fourth-order valence-electron chi connectivity index (χ4n) is 2.72. The molecule has 4 nitrogen and oxygen atoms in total. The molecule has 1 aliphatic rings. The fraction of sp³-hybridized carbons (Fsp3) is 0.562. The SMILES string of the molecule is CC(C)CC(=O)N(Cc1ccccc1Cl)C1CCS(=O)(=O)C1. The Morgan fingerprint density at radius 1 is 1.36 bits per heavy atom. The quantitative estimate of drug-likeness (QED) is 0.826. The van der Waals surface area contributed by atoms with Crippen molar-refractivity contribution in [1.29, 1.82) is 0 Å². The van der Waals surface area contributed by atoms with Crippen LogP contribution >= 0.6 is 11.6 Å². The van der Waals surface area contributed by atoms with Crippen molar-refractivity contribution in [2.75, 3.05) is 11.5 Å². The first-order chi connectivity index (χ1) is 10.3. The molecule has 1 unspecified atom stereocenters. The Bertz CT molecular complexity index is 643. The van der Waals surface area contributed by atoms with Crippen molar-refractivity contribution >= 4 is 27.3 Å². The van der Waals surface area contributed by atoms with Crippen molar-refractivity contribution in [2.45, 2.75) is 39.3 Å². The van der Waals surface area contributed by atoms with E-state index < -0.39 is 9.84 Å². The van der Waals surface area contributed by atoms with Gasteiger partial charge in [-0.15, -0.1) is 0 Å². The summed E-state index contributed by atoms with van der Waals surface area (Å²) in [6.45, 7) is 4.33. The smallest absolute Gasteiger partial charge is 0.223 e. The minimum atomic E-state index is -3.03. The zero-order valence-corrected chi connectivity index (χ0v) is 14.5. The lowest BCUT2D eigenvalue weighted by Crippen LogP contribution is -2.41. The first kappa shape index (κ1) is 17.3. The van der Waals surface area contributed by atoms with E-state index in [2.05, 4.69) is 0 Å². The molecular weight excluding hydrogens is 322 g/mol. The molecule has 1 heterocycles. The van der Waals surface area contributed by atoms with Crippen LogP contribution in [0.2, 0.25) is 5.02 Å². The number of carbonyl (C=O) groups is 1. The maximum Gasteiger partial charge on any atom is 0.223 e. The normalized spacial score (nSPS) is 20.3. The summed E-state index contributed by atoms with van der Waals surface area (Å²) in [4.78, 5) is 14.3. The zero-order chi connectivity index (χ0) is 16.3. The third kappa shape index (κ3) is 4.46. The largest absolute Gasteiger partial charge is 0.334 e. The molecule has 122 valence electrons. The summed E-state index contributed by atoms with van der Waals surface area (Å²) < 4.78 is 23.5. The Hall–Kier alpha value is -1.07. The average molecular weight is 344 g/mol. The summed E-state index contributed by atoms with van der Waals surface area (Å²) in [5, 5.41) is 0.603. The first-order valence-electron chi connectivity index (χ1n) is 7.52. The summed E-state index contributed by atoms with van der Waals surface area (Å²) in [6, 6.07) is 7.13. The van der Waals surface area contributed by atoms with Gasteiger partial charge in [-0.05, 0) is 24.0 Å². The molecule has 0 radical (unpaired) electrons. The van der Waals surface area contributed by atoms with Gasteiger partial charge in [0.05, 0.1) is 11.5 Å². The van der Waals surface area contributed by atoms with Crippen LogP contribution in [0.25, 0.3) is 0 Å². The van der Waals surface area contributed by atoms with Crippen molar-refractivity contribution in [3.63, 3.8) is 0 Å². The van der Waals surface area contributed by atoms with E-state index >= 15 is 0 Å². The molecule has 0 aliphatic carbocycles. The number of rotatable bonds is 5. The van der Waals surface area contributed by atoms with E-state index in [1.807, 2.05) is 32.0 Å². The predicted octanol–water partition coefficient (Wildman–Crippen LogP) is 2.90. The van der Waals surface area contributed by atoms with E-state index in [-0.39, 0.29) is 29.4 Å². The van der Waals surface area contributed by atoms with Gasteiger partial charge in [-0.2, -0.15) is 0 Å². The Balaban J connectivity index is 2.22. The molecule has 1 aromatic rings. The number of carbonyl (C=O) groups excluding carboxylic acids is 1. The van der Waals surface area contributed by atoms with Crippen molar-refractivity contribution in [2.24, 2.45) is 5.92 Å². The van der Waals surface area contributed by atoms with Crippen LogP contribution in [0.3, 0.4) is 0 Å². The highest BCUT2D eigenvalue weighted by molar-refractivity contribution is 7.91. The van der Waals surface area contributed by atoms with Gasteiger partial charge in [-0.3, -0.25) is 4.79 Å². The molecule has 1 fully saturated rings. The topological polar surface area (TPSA) is 54.5 Å². The lowest BCUT2D eigenvalue weighted by atomic mass is 10.1. The molecule has 1 saturated heterocycles. The Kier molecular flexibility index (Phi) is 5.50. The minimum absolute atomic E-state index is 0.00276. The molecular formula is C16H22ClNO3S. The number of halogens is 1. The Labute approximate surface area is 137 Å². The van der Waals surface area contributed by atoms with Crippen LogP contribution in [0.4, 0.5) is 0 Å². The molecule has 1 atom stereocenters. The number of sulfone groups is 1. The van der Waals surface area contributed by atoms with Crippen molar-refractivity contribution in [3.05, 3.63) is 34.9 Å². The van der Waals surface area contributed by atoms with Crippen molar-refractivity contribution < 1.29 is 13.2 Å². The molecule has 22 heavy (non-hydrogen) atoms. The van der Waals surface area contributed by atoms with Gasteiger partial charge in [0.1, 0.15) is 0 Å². The van der Waals surface area contributed by atoms with E-state index in [0.717, 1.165) is 5.56 Å². The number of amides is 1. The predicted molar refractivity (Wildman–Crippen MR) is 88.5 cm³/mol. The van der Waals surface area contributed by atoms with Crippen LogP contribution in [0.15, 0.2) is 24.3 Å². The molecule has 6 heteroatoms. The summed E-state index contributed by atoms with van der Waals surface area (Å²) in [6.07, 6.45) is 0.928. The summed E-state index contributed by atoms with van der Waals surface area (Å²) in [5.74, 6) is 0.448. The summed E-state index contributed by atoms with van der Waals surface area (Å²) in [7, 11) is -3.03. The molecule has 1 aliphatic heterocycles. The average Bonchev–Trinajstić information content (AvgIpc) is 2.77. The van der Waals surface area contributed by atoms with E-state index in [0.29, 0.717) is 24.4 Å². The molecule has 0 saturated carbocycles. The van der Waals surface area contributed by atoms with Gasteiger partial charge < -0.3 is 4.90 Å². The van der Waals surface area contributed by atoms with Crippen LogP contribution in [0.5, 0.6) is 0 Å². The van der Waals surface area contributed by atoms with Gasteiger partial charge in [-0.25, -0.2) is 8.42 Å². The molecule has 0 aromatic heterocycles. The molecule has 1 amide bonds. The lowest BCUT2D eigenvalue weighted by molar-refractivity contribution is -0.134. The Morgan fingerprint density at radius 2 is 2.05 bits per heavy atom. The highest BCUT2D eigenvalue weighted by Gasteiger charge is 2.34. The van der Waals surface area contributed by atoms with Gasteiger partial charge in [0.25, 0.3) is 0 Å². The van der Waals surface area contributed by atoms with Gasteiger partial charge in [-0.1, -0.05) is 43.6 Å². The first-order valence-corrected chi connectivity index (χ1v) is 9.72. The second kappa shape index (κ2) is 7.01. The standard InChI is InChI=1S/C16H22ClNO3S/c1-12(2)9-16(19)18(14-7-8-22(20,21)11-14)10-13-5-3-4-6-15(13)17/h3-6,12,14H,7-11H2,1-2H3.